The van der Waals surface area contributed by atoms with E-state index in [1.165, 1.54) is 12.1 Å². The zero-order valence-corrected chi connectivity index (χ0v) is 13.6. The van der Waals surface area contributed by atoms with E-state index in [0.29, 0.717) is 13.0 Å². The van der Waals surface area contributed by atoms with Gasteiger partial charge in [-0.15, -0.1) is 0 Å². The summed E-state index contributed by atoms with van der Waals surface area (Å²) in [5, 5.41) is 10.7. The highest BCUT2D eigenvalue weighted by molar-refractivity contribution is 5.71. The van der Waals surface area contributed by atoms with Crippen LogP contribution in [0.1, 0.15) is 45.3 Å². The van der Waals surface area contributed by atoms with E-state index >= 15 is 0 Å². The summed E-state index contributed by atoms with van der Waals surface area (Å²) in [5.41, 5.74) is 1.29. The zero-order valence-electron chi connectivity index (χ0n) is 13.6. The number of nitro benzene ring substituents is 1. The van der Waals surface area contributed by atoms with Crippen LogP contribution in [0.5, 0.6) is 0 Å². The van der Waals surface area contributed by atoms with Crippen molar-refractivity contribution in [2.24, 2.45) is 0 Å². The summed E-state index contributed by atoms with van der Waals surface area (Å²) in [5.74, 6) is -0.302. The first-order chi connectivity index (χ1) is 10.8. The minimum Gasteiger partial charge on any atom is -0.466 e. The molecule has 1 aliphatic heterocycles. The van der Waals surface area contributed by atoms with Crippen LogP contribution in [-0.4, -0.2) is 23.1 Å². The molecule has 6 heteroatoms. The van der Waals surface area contributed by atoms with Gasteiger partial charge in [0.15, 0.2) is 0 Å². The first-order valence-electron chi connectivity index (χ1n) is 7.59. The Hall–Kier alpha value is -2.21. The van der Waals surface area contributed by atoms with Gasteiger partial charge in [0.1, 0.15) is 0 Å². The van der Waals surface area contributed by atoms with E-state index in [-0.39, 0.29) is 24.2 Å². The highest BCUT2D eigenvalue weighted by Gasteiger charge is 2.34. The fraction of sp³-hybridized carbons (Fsp3) is 0.471. The predicted octanol–water partition coefficient (Wildman–Crippen LogP) is 3.71. The molecule has 124 valence electrons. The van der Waals surface area contributed by atoms with Crippen molar-refractivity contribution in [2.45, 2.75) is 45.3 Å². The van der Waals surface area contributed by atoms with Crippen LogP contribution in [0.4, 0.5) is 5.69 Å². The van der Waals surface area contributed by atoms with Crippen LogP contribution < -0.4 is 0 Å². The van der Waals surface area contributed by atoms with Gasteiger partial charge in [-0.3, -0.25) is 14.9 Å². The van der Waals surface area contributed by atoms with Crippen molar-refractivity contribution in [2.75, 3.05) is 6.61 Å². The largest absolute Gasteiger partial charge is 0.466 e. The maximum Gasteiger partial charge on any atom is 0.309 e. The summed E-state index contributed by atoms with van der Waals surface area (Å²) >= 11 is 0. The van der Waals surface area contributed by atoms with E-state index in [4.69, 9.17) is 9.47 Å². The Bertz CT molecular complexity index is 622. The lowest BCUT2D eigenvalue weighted by atomic mass is 9.90. The van der Waals surface area contributed by atoms with E-state index in [1.807, 2.05) is 19.9 Å². The Morgan fingerprint density at radius 3 is 2.65 bits per heavy atom. The maximum atomic E-state index is 11.8. The van der Waals surface area contributed by atoms with Crippen LogP contribution in [0.25, 0.3) is 0 Å². The molecule has 0 radical (unpaired) electrons. The molecule has 2 atom stereocenters. The zero-order chi connectivity index (χ0) is 17.0. The molecule has 0 aliphatic carbocycles. The van der Waals surface area contributed by atoms with E-state index in [1.54, 1.807) is 19.1 Å². The topological polar surface area (TPSA) is 78.7 Å². The van der Waals surface area contributed by atoms with Crippen molar-refractivity contribution < 1.29 is 19.2 Å². The van der Waals surface area contributed by atoms with Crippen molar-refractivity contribution in [3.63, 3.8) is 0 Å². The van der Waals surface area contributed by atoms with Crippen molar-refractivity contribution in [3.8, 4) is 0 Å². The number of ether oxygens (including phenoxy) is 2. The Morgan fingerprint density at radius 1 is 1.43 bits per heavy atom. The number of non-ortho nitro benzene ring substituents is 1. The second-order valence-electron chi connectivity index (χ2n) is 5.94. The lowest BCUT2D eigenvalue weighted by molar-refractivity contribution is -0.384. The third kappa shape index (κ3) is 4.39. The van der Waals surface area contributed by atoms with Crippen LogP contribution in [-0.2, 0) is 14.3 Å². The molecule has 1 aliphatic rings. The molecule has 0 unspecified atom stereocenters. The molecule has 2 rings (SSSR count). The van der Waals surface area contributed by atoms with Crippen LogP contribution in [0.3, 0.4) is 0 Å². The van der Waals surface area contributed by atoms with Crippen molar-refractivity contribution in [1.29, 1.82) is 0 Å². The summed E-state index contributed by atoms with van der Waals surface area (Å²) in [6, 6.07) is 6.34. The summed E-state index contributed by atoms with van der Waals surface area (Å²) in [4.78, 5) is 22.1. The van der Waals surface area contributed by atoms with Crippen molar-refractivity contribution >= 4 is 11.7 Å². The van der Waals surface area contributed by atoms with Gasteiger partial charge in [-0.25, -0.2) is 0 Å². The highest BCUT2D eigenvalue weighted by Crippen LogP contribution is 2.38. The molecule has 0 N–H and O–H groups in total. The number of carbonyl (C=O) groups is 1. The van der Waals surface area contributed by atoms with E-state index < -0.39 is 10.5 Å². The second-order valence-corrected chi connectivity index (χ2v) is 5.94. The van der Waals surface area contributed by atoms with Gasteiger partial charge in [0.05, 0.1) is 29.7 Å². The summed E-state index contributed by atoms with van der Waals surface area (Å²) in [6.45, 7) is 5.95. The first kappa shape index (κ1) is 17.1. The molecule has 0 amide bonds. The standard InChI is InChI=1S/C17H21NO5/c1-4-22-16(19)11-17(3)10-12(2)9-15(23-17)13-5-7-14(8-6-13)18(20)21/h5-8,10,15H,4,9,11H2,1-3H3/t15-,17+/m1/s1. The van der Waals surface area contributed by atoms with Gasteiger partial charge in [0.2, 0.25) is 0 Å². The van der Waals surface area contributed by atoms with Crippen LogP contribution in [0.15, 0.2) is 35.9 Å². The molecule has 1 aromatic carbocycles. The molecule has 0 saturated heterocycles. The SMILES string of the molecule is CCOC(=O)C[C@]1(C)C=C(C)C[C@H](c2ccc([N+](=O)[O-])cc2)O1. The number of nitro groups is 1. The van der Waals surface area contributed by atoms with Crippen LogP contribution >= 0.6 is 0 Å². The smallest absolute Gasteiger partial charge is 0.309 e. The highest BCUT2D eigenvalue weighted by atomic mass is 16.6. The average Bonchev–Trinajstić information content (AvgIpc) is 2.46. The summed E-state index contributed by atoms with van der Waals surface area (Å²) < 4.78 is 11.1. The van der Waals surface area contributed by atoms with Gasteiger partial charge in [-0.05, 0) is 44.9 Å². The lowest BCUT2D eigenvalue weighted by Crippen LogP contribution is -2.35. The Balaban J connectivity index is 2.17. The molecular weight excluding hydrogens is 298 g/mol. The van der Waals surface area contributed by atoms with Crippen LogP contribution in [0.2, 0.25) is 0 Å². The summed E-state index contributed by atoms with van der Waals surface area (Å²) in [7, 11) is 0. The van der Waals surface area contributed by atoms with Crippen LogP contribution in [0, 0.1) is 10.1 Å². The Labute approximate surface area is 135 Å². The minimum absolute atomic E-state index is 0.0473. The van der Waals surface area contributed by atoms with Gasteiger partial charge in [0, 0.05) is 12.1 Å². The summed E-state index contributed by atoms with van der Waals surface area (Å²) in [6.07, 6.45) is 2.55. The molecule has 0 spiro atoms. The molecule has 1 heterocycles. The average molecular weight is 319 g/mol. The first-order valence-corrected chi connectivity index (χ1v) is 7.59. The monoisotopic (exact) mass is 319 g/mol. The Kier molecular flexibility index (Phi) is 5.15. The number of rotatable bonds is 5. The Morgan fingerprint density at radius 2 is 2.09 bits per heavy atom. The van der Waals surface area contributed by atoms with Gasteiger partial charge in [0.25, 0.3) is 5.69 Å². The number of benzene rings is 1. The maximum absolute atomic E-state index is 11.8. The number of hydrogen-bond acceptors (Lipinski definition) is 5. The number of nitrogens with zero attached hydrogens (tertiary/aromatic N) is 1. The van der Waals surface area contributed by atoms with E-state index in [9.17, 15) is 14.9 Å². The molecule has 23 heavy (non-hydrogen) atoms. The van der Waals surface area contributed by atoms with Gasteiger partial charge in [-0.2, -0.15) is 0 Å². The fourth-order valence-electron chi connectivity index (χ4n) is 2.86. The normalized spacial score (nSPS) is 24.0. The third-order valence-electron chi connectivity index (χ3n) is 3.75. The lowest BCUT2D eigenvalue weighted by Gasteiger charge is -2.36. The second kappa shape index (κ2) is 6.91. The molecule has 1 aromatic rings. The van der Waals surface area contributed by atoms with Gasteiger partial charge >= 0.3 is 5.97 Å². The number of esters is 1. The fourth-order valence-corrected chi connectivity index (χ4v) is 2.86. The molecule has 6 nitrogen and oxygen atoms in total. The molecule has 0 aromatic heterocycles. The molecule has 0 saturated carbocycles. The van der Waals surface area contributed by atoms with Crippen molar-refractivity contribution in [1.82, 2.24) is 0 Å². The minimum atomic E-state index is -0.735. The molecular formula is C17H21NO5. The molecule has 0 bridgehead atoms. The van der Waals surface area contributed by atoms with E-state index in [2.05, 4.69) is 0 Å². The number of carbonyl (C=O) groups excluding carboxylic acids is 1. The molecule has 0 fully saturated rings. The third-order valence-corrected chi connectivity index (χ3v) is 3.75. The van der Waals surface area contributed by atoms with E-state index in [0.717, 1.165) is 11.1 Å². The van der Waals surface area contributed by atoms with Crippen molar-refractivity contribution in [3.05, 3.63) is 51.6 Å². The number of hydrogen-bond donors (Lipinski definition) is 0. The predicted molar refractivity (Wildman–Crippen MR) is 85.0 cm³/mol. The quantitative estimate of drug-likeness (QED) is 0.358. The van der Waals surface area contributed by atoms with Gasteiger partial charge in [-0.1, -0.05) is 11.6 Å². The van der Waals surface area contributed by atoms with Gasteiger partial charge < -0.3 is 9.47 Å².